The molecule has 2 rings (SSSR count). The second kappa shape index (κ2) is 7.48. The fourth-order valence-electron chi connectivity index (χ4n) is 2.00. The predicted molar refractivity (Wildman–Crippen MR) is 89.1 cm³/mol. The van der Waals surface area contributed by atoms with E-state index in [1.807, 2.05) is 31.2 Å². The molecule has 0 saturated carbocycles. The minimum atomic E-state index is -0.109. The number of carbonyl (C=O) groups excluding carboxylic acids is 1. The molecule has 4 nitrogen and oxygen atoms in total. The number of hydrogen-bond donors (Lipinski definition) is 2. The number of rotatable bonds is 5. The van der Waals surface area contributed by atoms with E-state index in [1.165, 1.54) is 0 Å². The van der Waals surface area contributed by atoms with Gasteiger partial charge in [0.15, 0.2) is 0 Å². The Morgan fingerprint density at radius 3 is 2.82 bits per heavy atom. The summed E-state index contributed by atoms with van der Waals surface area (Å²) in [5, 5.41) is 15.5. The van der Waals surface area contributed by atoms with Gasteiger partial charge in [0.05, 0.1) is 11.6 Å². The summed E-state index contributed by atoms with van der Waals surface area (Å²) < 4.78 is 0. The molecule has 5 heteroatoms. The molecule has 0 aromatic heterocycles. The van der Waals surface area contributed by atoms with Crippen molar-refractivity contribution in [2.45, 2.75) is 13.3 Å². The van der Waals surface area contributed by atoms with E-state index in [1.54, 1.807) is 24.3 Å². The molecule has 0 aliphatic carbocycles. The summed E-state index contributed by atoms with van der Waals surface area (Å²) in [5.74, 6) is -0.109. The number of nitrogens with zero attached hydrogens (tertiary/aromatic N) is 1. The number of benzene rings is 2. The minimum absolute atomic E-state index is 0.109. The third kappa shape index (κ3) is 4.24. The van der Waals surface area contributed by atoms with Gasteiger partial charge in [0.1, 0.15) is 0 Å². The van der Waals surface area contributed by atoms with Gasteiger partial charge in [-0.15, -0.1) is 0 Å². The molecule has 0 bridgehead atoms. The highest BCUT2D eigenvalue weighted by molar-refractivity contribution is 6.31. The first-order valence-corrected chi connectivity index (χ1v) is 7.27. The first kappa shape index (κ1) is 15.9. The van der Waals surface area contributed by atoms with Crippen LogP contribution >= 0.6 is 11.6 Å². The van der Waals surface area contributed by atoms with Crippen molar-refractivity contribution in [3.63, 3.8) is 0 Å². The van der Waals surface area contributed by atoms with Gasteiger partial charge >= 0.3 is 0 Å². The molecule has 22 heavy (non-hydrogen) atoms. The number of halogens is 1. The summed E-state index contributed by atoms with van der Waals surface area (Å²) in [5.41, 5.74) is 3.03. The van der Waals surface area contributed by atoms with Crippen molar-refractivity contribution in [2.75, 3.05) is 17.2 Å². The van der Waals surface area contributed by atoms with E-state index in [4.69, 9.17) is 16.9 Å². The molecule has 0 fully saturated rings. The average molecular weight is 314 g/mol. The van der Waals surface area contributed by atoms with Crippen LogP contribution in [-0.2, 0) is 4.79 Å². The maximum atomic E-state index is 11.9. The molecular formula is C17H16ClN3O. The van der Waals surface area contributed by atoms with Crippen molar-refractivity contribution in [2.24, 2.45) is 0 Å². The summed E-state index contributed by atoms with van der Waals surface area (Å²) in [6.45, 7) is 2.43. The lowest BCUT2D eigenvalue weighted by molar-refractivity contribution is -0.115. The number of hydrogen-bond acceptors (Lipinski definition) is 3. The highest BCUT2D eigenvalue weighted by Crippen LogP contribution is 2.22. The van der Waals surface area contributed by atoms with Crippen LogP contribution in [0.4, 0.5) is 11.4 Å². The van der Waals surface area contributed by atoms with Crippen molar-refractivity contribution >= 4 is 28.9 Å². The lowest BCUT2D eigenvalue weighted by atomic mass is 10.2. The molecule has 2 aromatic rings. The summed E-state index contributed by atoms with van der Waals surface area (Å²) in [7, 11) is 0. The molecular weight excluding hydrogens is 298 g/mol. The lowest BCUT2D eigenvalue weighted by Crippen LogP contribution is -2.16. The number of nitrogens with one attached hydrogen (secondary N) is 2. The van der Waals surface area contributed by atoms with Gasteiger partial charge in [-0.05, 0) is 42.8 Å². The van der Waals surface area contributed by atoms with Crippen LogP contribution in [0.25, 0.3) is 0 Å². The normalized spacial score (nSPS) is 9.86. The van der Waals surface area contributed by atoms with Crippen LogP contribution in [0.3, 0.4) is 0 Å². The predicted octanol–water partition coefficient (Wildman–Crippen LogP) is 3.96. The Balaban J connectivity index is 1.85. The van der Waals surface area contributed by atoms with Crippen LogP contribution in [0, 0.1) is 18.3 Å². The molecule has 0 heterocycles. The summed E-state index contributed by atoms with van der Waals surface area (Å²) >= 11 is 6.05. The molecule has 0 spiro atoms. The van der Waals surface area contributed by atoms with E-state index in [-0.39, 0.29) is 5.91 Å². The maximum Gasteiger partial charge on any atom is 0.226 e. The molecule has 0 aliphatic heterocycles. The smallest absolute Gasteiger partial charge is 0.226 e. The maximum absolute atomic E-state index is 11.9. The SMILES string of the molecule is Cc1c(Cl)cccc1NCCC(=O)Nc1cccc(C#N)c1. The van der Waals surface area contributed by atoms with Crippen molar-refractivity contribution < 1.29 is 4.79 Å². The first-order chi connectivity index (χ1) is 10.6. The van der Waals surface area contributed by atoms with Gasteiger partial charge in [0.25, 0.3) is 0 Å². The fourth-order valence-corrected chi connectivity index (χ4v) is 2.17. The van der Waals surface area contributed by atoms with Gasteiger partial charge in [-0.25, -0.2) is 0 Å². The van der Waals surface area contributed by atoms with Gasteiger partial charge in [-0.2, -0.15) is 5.26 Å². The monoisotopic (exact) mass is 313 g/mol. The Bertz CT molecular complexity index is 722. The molecule has 0 unspecified atom stereocenters. The quantitative estimate of drug-likeness (QED) is 0.878. The second-order valence-electron chi connectivity index (χ2n) is 4.83. The van der Waals surface area contributed by atoms with E-state index in [2.05, 4.69) is 10.6 Å². The van der Waals surface area contributed by atoms with Gasteiger partial charge in [0, 0.05) is 29.4 Å². The standard InChI is InChI=1S/C17H16ClN3O/c1-12-15(18)6-3-7-16(12)20-9-8-17(22)21-14-5-2-4-13(10-14)11-19/h2-7,10,20H,8-9H2,1H3,(H,21,22). The van der Waals surface area contributed by atoms with E-state index < -0.39 is 0 Å². The molecule has 0 saturated heterocycles. The van der Waals surface area contributed by atoms with Crippen LogP contribution in [0.15, 0.2) is 42.5 Å². The molecule has 0 atom stereocenters. The van der Waals surface area contributed by atoms with E-state index >= 15 is 0 Å². The number of amides is 1. The molecule has 112 valence electrons. The zero-order valence-corrected chi connectivity index (χ0v) is 12.9. The van der Waals surface area contributed by atoms with Crippen LogP contribution in [0.5, 0.6) is 0 Å². The van der Waals surface area contributed by atoms with Crippen LogP contribution < -0.4 is 10.6 Å². The van der Waals surface area contributed by atoms with Crippen LogP contribution in [0.2, 0.25) is 5.02 Å². The number of carbonyl (C=O) groups is 1. The van der Waals surface area contributed by atoms with Crippen LogP contribution in [0.1, 0.15) is 17.5 Å². The highest BCUT2D eigenvalue weighted by atomic mass is 35.5. The number of anilines is 2. The summed E-state index contributed by atoms with van der Waals surface area (Å²) in [6.07, 6.45) is 0.322. The fraction of sp³-hybridized carbons (Fsp3) is 0.176. The van der Waals surface area contributed by atoms with Crippen molar-refractivity contribution in [3.8, 4) is 6.07 Å². The van der Waals surface area contributed by atoms with Crippen molar-refractivity contribution in [1.29, 1.82) is 5.26 Å². The Kier molecular flexibility index (Phi) is 5.40. The van der Waals surface area contributed by atoms with Crippen LogP contribution in [-0.4, -0.2) is 12.5 Å². The zero-order chi connectivity index (χ0) is 15.9. The summed E-state index contributed by atoms with van der Waals surface area (Å²) in [6, 6.07) is 14.5. The molecule has 1 amide bonds. The summed E-state index contributed by atoms with van der Waals surface area (Å²) in [4.78, 5) is 11.9. The topological polar surface area (TPSA) is 64.9 Å². The van der Waals surface area contributed by atoms with Crippen molar-refractivity contribution in [3.05, 3.63) is 58.6 Å². The van der Waals surface area contributed by atoms with Gasteiger partial charge < -0.3 is 10.6 Å². The zero-order valence-electron chi connectivity index (χ0n) is 12.2. The Morgan fingerprint density at radius 1 is 1.27 bits per heavy atom. The largest absolute Gasteiger partial charge is 0.384 e. The third-order valence-corrected chi connectivity index (χ3v) is 3.62. The Morgan fingerprint density at radius 2 is 2.05 bits per heavy atom. The lowest BCUT2D eigenvalue weighted by Gasteiger charge is -2.10. The molecule has 2 aromatic carbocycles. The molecule has 0 radical (unpaired) electrons. The first-order valence-electron chi connectivity index (χ1n) is 6.89. The average Bonchev–Trinajstić information content (AvgIpc) is 2.51. The minimum Gasteiger partial charge on any atom is -0.384 e. The highest BCUT2D eigenvalue weighted by Gasteiger charge is 2.05. The number of nitriles is 1. The van der Waals surface area contributed by atoms with Crippen molar-refractivity contribution in [1.82, 2.24) is 0 Å². The second-order valence-corrected chi connectivity index (χ2v) is 5.24. The van der Waals surface area contributed by atoms with E-state index in [0.29, 0.717) is 29.2 Å². The Labute approximate surface area is 134 Å². The Hall–Kier alpha value is -2.51. The van der Waals surface area contributed by atoms with E-state index in [9.17, 15) is 4.79 Å². The van der Waals surface area contributed by atoms with Gasteiger partial charge in [-0.1, -0.05) is 23.7 Å². The molecule has 2 N–H and O–H groups in total. The van der Waals surface area contributed by atoms with Gasteiger partial charge in [0.2, 0.25) is 5.91 Å². The molecule has 0 aliphatic rings. The third-order valence-electron chi connectivity index (χ3n) is 3.21. The van der Waals surface area contributed by atoms with Gasteiger partial charge in [-0.3, -0.25) is 4.79 Å². The van der Waals surface area contributed by atoms with E-state index in [0.717, 1.165) is 11.3 Å².